The van der Waals surface area contributed by atoms with Gasteiger partial charge in [0.25, 0.3) is 0 Å². The molecule has 1 atom stereocenters. The molecule has 0 bridgehead atoms. The normalized spacial score (nSPS) is 10.7. The molecule has 0 nitrogen and oxygen atoms in total. The van der Waals surface area contributed by atoms with Gasteiger partial charge in [-0.3, -0.25) is 0 Å². The summed E-state index contributed by atoms with van der Waals surface area (Å²) in [6, 6.07) is 8.63. The molecule has 0 N–H and O–H groups in total. The molecule has 0 heterocycles. The van der Waals surface area contributed by atoms with Gasteiger partial charge in [0.1, 0.15) is 0 Å². The van der Waals surface area contributed by atoms with E-state index in [1.165, 1.54) is 11.0 Å². The number of hydrogen-bond donors (Lipinski definition) is 1. The SMILES string of the molecule is SPBc1ccc(CBr)cc1. The van der Waals surface area contributed by atoms with Crippen LogP contribution in [-0.2, 0) is 5.33 Å². The van der Waals surface area contributed by atoms with Gasteiger partial charge in [-0.05, 0) is 5.56 Å². The fourth-order valence-corrected chi connectivity index (χ4v) is 2.18. The molecule has 0 radical (unpaired) electrons. The van der Waals surface area contributed by atoms with Crippen LogP contribution in [0.3, 0.4) is 0 Å². The van der Waals surface area contributed by atoms with Crippen molar-refractivity contribution in [2.45, 2.75) is 5.33 Å². The Bertz CT molecular complexity index is 214. The van der Waals surface area contributed by atoms with Crippen molar-refractivity contribution in [3.05, 3.63) is 29.8 Å². The van der Waals surface area contributed by atoms with Crippen molar-refractivity contribution in [2.75, 3.05) is 0 Å². The summed E-state index contributed by atoms with van der Waals surface area (Å²) >= 11 is 7.61. The number of halogens is 1. The standard InChI is InChI=1S/C7H9BBrPS/c9-5-6-1-3-7(4-2-6)8-10-11/h1-4,8,10-11H,5H2. The van der Waals surface area contributed by atoms with Crippen LogP contribution in [0.15, 0.2) is 24.3 Å². The fraction of sp³-hybridized carbons (Fsp3) is 0.143. The number of benzene rings is 1. The first-order valence-electron chi connectivity index (χ1n) is 3.37. The molecule has 11 heavy (non-hydrogen) atoms. The first-order valence-corrected chi connectivity index (χ1v) is 6.99. The maximum atomic E-state index is 4.20. The summed E-state index contributed by atoms with van der Waals surface area (Å²) in [7, 11) is 0.715. The molecule has 1 rings (SSSR count). The van der Waals surface area contributed by atoms with Crippen molar-refractivity contribution in [1.82, 2.24) is 0 Å². The Hall–Kier alpha value is 0.545. The molecule has 0 spiro atoms. The molecule has 4 heteroatoms. The predicted molar refractivity (Wildman–Crippen MR) is 63.2 cm³/mol. The molecule has 1 aromatic carbocycles. The molecular formula is C7H9BBrPS. The average molecular weight is 247 g/mol. The van der Waals surface area contributed by atoms with Gasteiger partial charge in [0.2, 0.25) is 0 Å². The Labute approximate surface area is 83.4 Å². The maximum absolute atomic E-state index is 4.20. The number of rotatable bonds is 3. The van der Waals surface area contributed by atoms with Gasteiger partial charge < -0.3 is 0 Å². The van der Waals surface area contributed by atoms with E-state index in [-0.39, 0.29) is 0 Å². The molecule has 0 aliphatic rings. The van der Waals surface area contributed by atoms with Crippen molar-refractivity contribution in [1.29, 1.82) is 0 Å². The van der Waals surface area contributed by atoms with E-state index in [4.69, 9.17) is 0 Å². The van der Waals surface area contributed by atoms with Crippen molar-refractivity contribution < 1.29 is 0 Å². The summed E-state index contributed by atoms with van der Waals surface area (Å²) < 4.78 is 0. The summed E-state index contributed by atoms with van der Waals surface area (Å²) in [5, 5.41) is 0.941. The van der Waals surface area contributed by atoms with E-state index in [0.29, 0.717) is 7.66 Å². The predicted octanol–water partition coefficient (Wildman–Crippen LogP) is 2.08. The Morgan fingerprint density at radius 1 is 1.36 bits per heavy atom. The van der Waals surface area contributed by atoms with Gasteiger partial charge in [-0.1, -0.05) is 53.3 Å². The molecule has 58 valence electrons. The lowest BCUT2D eigenvalue weighted by Gasteiger charge is -1.97. The van der Waals surface area contributed by atoms with Crippen LogP contribution in [0.25, 0.3) is 0 Å². The second kappa shape index (κ2) is 5.24. The van der Waals surface area contributed by atoms with Gasteiger partial charge in [0.15, 0.2) is 7.00 Å². The minimum Gasteiger partial charge on any atom is -0.164 e. The third kappa shape index (κ3) is 3.19. The van der Waals surface area contributed by atoms with Crippen LogP contribution in [0.1, 0.15) is 5.56 Å². The van der Waals surface area contributed by atoms with E-state index >= 15 is 0 Å². The topological polar surface area (TPSA) is 0 Å². The van der Waals surface area contributed by atoms with E-state index in [9.17, 15) is 0 Å². The molecule has 0 aromatic heterocycles. The number of hydrogen-bond acceptors (Lipinski definition) is 1. The van der Waals surface area contributed by atoms with Gasteiger partial charge in [-0.2, -0.15) is 12.2 Å². The van der Waals surface area contributed by atoms with Gasteiger partial charge in [0.05, 0.1) is 0 Å². The third-order valence-corrected chi connectivity index (χ3v) is 3.15. The lowest BCUT2D eigenvalue weighted by molar-refractivity contribution is 1.45. The fourth-order valence-electron chi connectivity index (χ4n) is 0.837. The van der Waals surface area contributed by atoms with Crippen LogP contribution >= 0.6 is 35.8 Å². The summed E-state index contributed by atoms with van der Waals surface area (Å²) in [6.45, 7) is 1.09. The van der Waals surface area contributed by atoms with Crippen molar-refractivity contribution in [3.8, 4) is 0 Å². The number of thiol groups is 1. The monoisotopic (exact) mass is 246 g/mol. The first-order chi connectivity index (χ1) is 5.36. The Morgan fingerprint density at radius 3 is 2.45 bits per heavy atom. The van der Waals surface area contributed by atoms with Crippen molar-refractivity contribution in [2.24, 2.45) is 0 Å². The van der Waals surface area contributed by atoms with Crippen molar-refractivity contribution >= 4 is 48.3 Å². The van der Waals surface area contributed by atoms with Crippen molar-refractivity contribution in [3.63, 3.8) is 0 Å². The molecule has 0 saturated heterocycles. The van der Waals surface area contributed by atoms with Crippen LogP contribution in [-0.4, -0.2) is 7.00 Å². The van der Waals surface area contributed by atoms with E-state index in [2.05, 4.69) is 52.4 Å². The molecule has 0 fully saturated rings. The maximum Gasteiger partial charge on any atom is 0.195 e. The van der Waals surface area contributed by atoms with Crippen LogP contribution in [0.2, 0.25) is 0 Å². The highest BCUT2D eigenvalue weighted by atomic mass is 79.9. The summed E-state index contributed by atoms with van der Waals surface area (Å²) in [5.74, 6) is 0. The minimum absolute atomic E-state index is 0.715. The Kier molecular flexibility index (Phi) is 4.59. The van der Waals surface area contributed by atoms with Gasteiger partial charge in [0, 0.05) is 5.33 Å². The van der Waals surface area contributed by atoms with Crippen LogP contribution in [0.4, 0.5) is 0 Å². The van der Waals surface area contributed by atoms with E-state index in [0.717, 1.165) is 12.3 Å². The highest BCUT2D eigenvalue weighted by molar-refractivity contribution is 9.08. The van der Waals surface area contributed by atoms with Crippen LogP contribution in [0, 0.1) is 0 Å². The average Bonchev–Trinajstić information content (AvgIpc) is 2.07. The summed E-state index contributed by atoms with van der Waals surface area (Å²) in [4.78, 5) is 0. The molecular weight excluding hydrogens is 238 g/mol. The molecule has 0 amide bonds. The van der Waals surface area contributed by atoms with Gasteiger partial charge in [-0.25, -0.2) is 0 Å². The Morgan fingerprint density at radius 2 is 2.00 bits per heavy atom. The first kappa shape index (κ1) is 9.63. The van der Waals surface area contributed by atoms with E-state index in [1.807, 2.05) is 0 Å². The van der Waals surface area contributed by atoms with Gasteiger partial charge in [-0.15, -0.1) is 0 Å². The zero-order valence-electron chi connectivity index (χ0n) is 6.05. The lowest BCUT2D eigenvalue weighted by atomic mass is 9.94. The number of alkyl halides is 1. The van der Waals surface area contributed by atoms with E-state index < -0.39 is 0 Å². The second-order valence-electron chi connectivity index (χ2n) is 2.29. The lowest BCUT2D eigenvalue weighted by Crippen LogP contribution is -2.07. The van der Waals surface area contributed by atoms with E-state index in [1.54, 1.807) is 0 Å². The van der Waals surface area contributed by atoms with Gasteiger partial charge >= 0.3 is 0 Å². The summed E-state index contributed by atoms with van der Waals surface area (Å²) in [5.41, 5.74) is 2.71. The highest BCUT2D eigenvalue weighted by Crippen LogP contribution is 2.11. The Balaban J connectivity index is 2.66. The molecule has 0 aliphatic carbocycles. The van der Waals surface area contributed by atoms with Crippen LogP contribution in [0.5, 0.6) is 0 Å². The largest absolute Gasteiger partial charge is 0.195 e. The zero-order valence-corrected chi connectivity index (χ0v) is 9.53. The highest BCUT2D eigenvalue weighted by Gasteiger charge is 1.93. The second-order valence-corrected chi connectivity index (χ2v) is 4.46. The minimum atomic E-state index is 0.715. The quantitative estimate of drug-likeness (QED) is 0.359. The molecule has 1 aromatic rings. The molecule has 0 saturated carbocycles. The smallest absolute Gasteiger partial charge is 0.164 e. The molecule has 1 unspecified atom stereocenters. The zero-order chi connectivity index (χ0) is 8.10. The third-order valence-electron chi connectivity index (χ3n) is 1.46. The van der Waals surface area contributed by atoms with Crippen LogP contribution < -0.4 is 5.46 Å². The molecule has 0 aliphatic heterocycles. The summed E-state index contributed by atoms with van der Waals surface area (Å²) in [6.07, 6.45) is 0.